The molecule has 0 fully saturated rings. The first-order valence-electron chi connectivity index (χ1n) is 14.4. The molecule has 1 aliphatic carbocycles. The van der Waals surface area contributed by atoms with Gasteiger partial charge in [0.15, 0.2) is 0 Å². The van der Waals surface area contributed by atoms with Gasteiger partial charge in [-0.3, -0.25) is 0 Å². The molecule has 4 nitrogen and oxygen atoms in total. The minimum absolute atomic E-state index is 0.0243. The van der Waals surface area contributed by atoms with Gasteiger partial charge in [0, 0.05) is 34.1 Å². The lowest BCUT2D eigenvalue weighted by Crippen LogP contribution is -2.07. The van der Waals surface area contributed by atoms with E-state index >= 15 is 0 Å². The average molecular weight is 714 g/mol. The van der Waals surface area contributed by atoms with Gasteiger partial charge < -0.3 is 21.9 Å². The Labute approximate surface area is 263 Å². The van der Waals surface area contributed by atoms with E-state index in [4.69, 9.17) is 21.9 Å². The molecule has 0 saturated carbocycles. The van der Waals surface area contributed by atoms with Gasteiger partial charge in [-0.05, 0) is 139 Å². The van der Waals surface area contributed by atoms with Crippen LogP contribution >= 0.6 is 22.6 Å². The van der Waals surface area contributed by atoms with Crippen LogP contribution in [0.4, 0.5) is 22.0 Å². The third-order valence-electron chi connectivity index (χ3n) is 7.63. The lowest BCUT2D eigenvalue weighted by atomic mass is 9.89. The number of allylic oxidation sites excluding steroid dienone is 2. The highest BCUT2D eigenvalue weighted by Gasteiger charge is 2.34. The summed E-state index contributed by atoms with van der Waals surface area (Å²) in [7, 11) is 0. The Bertz CT molecular complexity index is 1450. The van der Waals surface area contributed by atoms with Gasteiger partial charge in [0.25, 0.3) is 0 Å². The average Bonchev–Trinajstić information content (AvgIpc) is 3.74. The molecule has 4 rings (SSSR count). The molecule has 1 aliphatic rings. The highest BCUT2D eigenvalue weighted by Crippen LogP contribution is 2.45. The maximum Gasteiger partial charge on any atom is 0.416 e. The second kappa shape index (κ2) is 14.0. The van der Waals surface area contributed by atoms with Gasteiger partial charge in [-0.1, -0.05) is 19.1 Å². The van der Waals surface area contributed by atoms with Crippen LogP contribution in [0.25, 0.3) is 27.8 Å². The van der Waals surface area contributed by atoms with Crippen molar-refractivity contribution in [2.45, 2.75) is 48.6 Å². The fraction of sp³-hybridized carbons (Fsp3) is 0.394. The van der Waals surface area contributed by atoms with Crippen molar-refractivity contribution in [1.29, 1.82) is 0 Å². The molecule has 0 bridgehead atoms. The van der Waals surface area contributed by atoms with Crippen LogP contribution in [0.15, 0.2) is 60.7 Å². The minimum Gasteiger partial charge on any atom is -0.494 e. The summed E-state index contributed by atoms with van der Waals surface area (Å²) in [6.45, 7) is 3.60. The minimum atomic E-state index is -4.56. The summed E-state index contributed by atoms with van der Waals surface area (Å²) < 4.78 is 74.2. The van der Waals surface area contributed by atoms with Crippen molar-refractivity contribution in [3.05, 3.63) is 82.9 Å². The topological polar surface area (TPSA) is 87.3 Å². The summed E-state index contributed by atoms with van der Waals surface area (Å²) in [5, 5.41) is 0. The molecule has 232 valence electrons. The van der Waals surface area contributed by atoms with Crippen LogP contribution in [0.5, 0.6) is 5.75 Å². The molecular weight excluding hydrogens is 676 g/mol. The number of nitrogens with two attached hydrogens (primary N) is 3. The molecule has 0 saturated heterocycles. The Morgan fingerprint density at radius 1 is 0.744 bits per heavy atom. The molecule has 0 aromatic heterocycles. The SMILES string of the molecule is CC(CCCN)c1cc(-c2cc(OCCCN)cc(-c3cc(C4=CC4CCN)cc(C(F)(F)F)c3)c2)cc(C(F)(F)I)c1. The predicted molar refractivity (Wildman–Crippen MR) is 171 cm³/mol. The number of ether oxygens (including phenoxy) is 1. The Balaban J connectivity index is 1.87. The van der Waals surface area contributed by atoms with Gasteiger partial charge in [0.1, 0.15) is 5.75 Å². The van der Waals surface area contributed by atoms with E-state index in [1.807, 2.05) is 19.1 Å². The van der Waals surface area contributed by atoms with Crippen molar-refractivity contribution in [3.8, 4) is 28.0 Å². The maximum atomic E-state index is 14.7. The number of halogens is 6. The zero-order chi connectivity index (χ0) is 31.4. The predicted octanol–water partition coefficient (Wildman–Crippen LogP) is 8.46. The molecule has 43 heavy (non-hydrogen) atoms. The van der Waals surface area contributed by atoms with Crippen LogP contribution in [0.3, 0.4) is 0 Å². The standard InChI is InChI=1S/C33H37F5IN3O/c1-20(4-2-6-40)22-10-23(15-29(13-22)33(37,38)39)25-11-26(18-30(17-25)43-9-3-7-41)24-12-27(31-19-21(31)5-8-42)16-28(14-24)32(34,35)36/h10-21H,2-9,40-42H2,1H3. The van der Waals surface area contributed by atoms with E-state index in [0.717, 1.165) is 58.7 Å². The zero-order valence-electron chi connectivity index (χ0n) is 24.0. The maximum absolute atomic E-state index is 14.7. The van der Waals surface area contributed by atoms with Crippen LogP contribution in [0.2, 0.25) is 0 Å². The monoisotopic (exact) mass is 713 g/mol. The number of hydrogen-bond donors (Lipinski definition) is 3. The second-order valence-electron chi connectivity index (χ2n) is 11.0. The van der Waals surface area contributed by atoms with Gasteiger partial charge >= 0.3 is 10.1 Å². The van der Waals surface area contributed by atoms with Gasteiger partial charge in [-0.2, -0.15) is 22.0 Å². The van der Waals surface area contributed by atoms with Crippen LogP contribution in [0.1, 0.15) is 60.8 Å². The summed E-state index contributed by atoms with van der Waals surface area (Å²) in [6, 6.07) is 14.0. The van der Waals surface area contributed by atoms with E-state index in [-0.39, 0.29) is 17.4 Å². The van der Waals surface area contributed by atoms with Crippen molar-refractivity contribution in [3.63, 3.8) is 0 Å². The highest BCUT2D eigenvalue weighted by atomic mass is 127. The van der Waals surface area contributed by atoms with E-state index < -0.39 is 15.7 Å². The molecule has 6 N–H and O–H groups in total. The van der Waals surface area contributed by atoms with Crippen molar-refractivity contribution < 1.29 is 26.7 Å². The van der Waals surface area contributed by atoms with Crippen molar-refractivity contribution >= 4 is 28.2 Å². The molecule has 10 heteroatoms. The van der Waals surface area contributed by atoms with E-state index in [1.54, 1.807) is 24.3 Å². The second-order valence-corrected chi connectivity index (χ2v) is 12.4. The summed E-state index contributed by atoms with van der Waals surface area (Å²) in [5.41, 5.74) is 20.0. The van der Waals surface area contributed by atoms with Crippen molar-refractivity contribution in [2.24, 2.45) is 23.1 Å². The van der Waals surface area contributed by atoms with Crippen molar-refractivity contribution in [1.82, 2.24) is 0 Å². The Hall–Kier alpha value is -2.54. The number of benzene rings is 3. The number of alkyl halides is 6. The lowest BCUT2D eigenvalue weighted by Gasteiger charge is -2.19. The molecule has 0 aliphatic heterocycles. The first-order valence-corrected chi connectivity index (χ1v) is 15.5. The highest BCUT2D eigenvalue weighted by molar-refractivity contribution is 14.1. The first-order chi connectivity index (χ1) is 20.3. The van der Waals surface area contributed by atoms with Crippen LogP contribution in [0, 0.1) is 5.92 Å². The van der Waals surface area contributed by atoms with Crippen molar-refractivity contribution in [2.75, 3.05) is 26.2 Å². The van der Waals surface area contributed by atoms with Crippen LogP contribution in [-0.4, -0.2) is 26.2 Å². The molecule has 0 heterocycles. The van der Waals surface area contributed by atoms with Crippen LogP contribution < -0.4 is 21.9 Å². The molecule has 3 aromatic rings. The fourth-order valence-electron chi connectivity index (χ4n) is 5.17. The molecule has 0 spiro atoms. The lowest BCUT2D eigenvalue weighted by molar-refractivity contribution is -0.137. The smallest absolute Gasteiger partial charge is 0.416 e. The number of rotatable bonds is 14. The van der Waals surface area contributed by atoms with E-state index in [2.05, 4.69) is 0 Å². The van der Waals surface area contributed by atoms with Crippen LogP contribution in [-0.2, 0) is 10.1 Å². The Kier molecular flexibility index (Phi) is 10.9. The third-order valence-corrected chi connectivity index (χ3v) is 8.25. The van der Waals surface area contributed by atoms with Gasteiger partial charge in [0.2, 0.25) is 0 Å². The largest absolute Gasteiger partial charge is 0.494 e. The zero-order valence-corrected chi connectivity index (χ0v) is 26.2. The molecule has 0 radical (unpaired) electrons. The van der Waals surface area contributed by atoms with Gasteiger partial charge in [0.05, 0.1) is 12.2 Å². The summed E-state index contributed by atoms with van der Waals surface area (Å²) in [4.78, 5) is 0. The van der Waals surface area contributed by atoms with Gasteiger partial charge in [-0.15, -0.1) is 0 Å². The third kappa shape index (κ3) is 8.77. The summed E-state index contributed by atoms with van der Waals surface area (Å²) in [5.74, 6) is 0.444. The van der Waals surface area contributed by atoms with E-state index in [0.29, 0.717) is 72.6 Å². The Morgan fingerprint density at radius 3 is 1.93 bits per heavy atom. The molecule has 2 unspecified atom stereocenters. The first kappa shape index (κ1) is 33.4. The normalized spacial score (nSPS) is 15.8. The fourth-order valence-corrected chi connectivity index (χ4v) is 5.48. The summed E-state index contributed by atoms with van der Waals surface area (Å²) in [6.07, 6.45) is 0.0795. The molecule has 0 amide bonds. The van der Waals surface area contributed by atoms with Gasteiger partial charge in [-0.25, -0.2) is 0 Å². The number of hydrogen-bond acceptors (Lipinski definition) is 4. The quantitative estimate of drug-likeness (QED) is 0.0678. The van der Waals surface area contributed by atoms with E-state index in [1.165, 1.54) is 12.1 Å². The Morgan fingerprint density at radius 2 is 1.33 bits per heavy atom. The molecule has 2 atom stereocenters. The summed E-state index contributed by atoms with van der Waals surface area (Å²) >= 11 is 1.12. The van der Waals surface area contributed by atoms with E-state index in [9.17, 15) is 22.0 Å². The molecular formula is C33H37F5IN3O. The molecule has 3 aromatic carbocycles.